The first kappa shape index (κ1) is 13.4. The van der Waals surface area contributed by atoms with E-state index in [1.165, 1.54) is 0 Å². The minimum absolute atomic E-state index is 0.299. The Morgan fingerprint density at radius 2 is 1.94 bits per heavy atom. The second kappa shape index (κ2) is 6.21. The molecule has 1 aromatic rings. The second-order valence-corrected chi connectivity index (χ2v) is 5.10. The van der Waals surface area contributed by atoms with Crippen LogP contribution in [-0.4, -0.2) is 29.9 Å². The van der Waals surface area contributed by atoms with Gasteiger partial charge in [0.25, 0.3) is 0 Å². The first-order chi connectivity index (χ1) is 8.76. The highest BCUT2D eigenvalue weighted by Gasteiger charge is 2.21. The molecule has 1 aliphatic heterocycles. The lowest BCUT2D eigenvalue weighted by molar-refractivity contribution is 0.173. The molecule has 0 amide bonds. The maximum atomic E-state index is 10.1. The summed E-state index contributed by atoms with van der Waals surface area (Å²) < 4.78 is 0. The van der Waals surface area contributed by atoms with Crippen LogP contribution in [0, 0.1) is 5.92 Å². The third-order valence-corrected chi connectivity index (χ3v) is 3.90. The molecule has 1 fully saturated rings. The number of aliphatic hydroxyl groups excluding tert-OH is 2. The second-order valence-electron chi connectivity index (χ2n) is 5.10. The van der Waals surface area contributed by atoms with E-state index in [0.717, 1.165) is 43.6 Å². The lowest BCUT2D eigenvalue weighted by Crippen LogP contribution is -2.35. The van der Waals surface area contributed by atoms with Crippen LogP contribution in [0.15, 0.2) is 24.3 Å². The van der Waals surface area contributed by atoms with E-state index in [-0.39, 0.29) is 6.10 Å². The standard InChI is InChI=1S/C15H23NO2/c1-2-15(18)13-5-3-4-6-14(13)16-9-7-12(11-17)8-10-16/h3-6,12,15,17-18H,2,7-11H2,1H3. The summed E-state index contributed by atoms with van der Waals surface area (Å²) in [6, 6.07) is 8.12. The number of rotatable bonds is 4. The quantitative estimate of drug-likeness (QED) is 0.861. The Balaban J connectivity index is 2.13. The van der Waals surface area contributed by atoms with Crippen LogP contribution in [0.3, 0.4) is 0 Å². The normalized spacial score (nSPS) is 18.9. The van der Waals surface area contributed by atoms with Crippen molar-refractivity contribution in [1.29, 1.82) is 0 Å². The van der Waals surface area contributed by atoms with E-state index in [4.69, 9.17) is 0 Å². The molecule has 0 saturated carbocycles. The minimum atomic E-state index is -0.378. The summed E-state index contributed by atoms with van der Waals surface area (Å²) in [6.45, 7) is 4.24. The molecular formula is C15H23NO2. The van der Waals surface area contributed by atoms with Gasteiger partial charge >= 0.3 is 0 Å². The van der Waals surface area contributed by atoms with Crippen LogP contribution in [0.5, 0.6) is 0 Å². The predicted octanol–water partition coefficient (Wildman–Crippen LogP) is 2.34. The number of benzene rings is 1. The highest BCUT2D eigenvalue weighted by molar-refractivity contribution is 5.54. The number of nitrogens with zero attached hydrogens (tertiary/aromatic N) is 1. The van der Waals surface area contributed by atoms with E-state index in [2.05, 4.69) is 11.0 Å². The SMILES string of the molecule is CCC(O)c1ccccc1N1CCC(CO)CC1. The number of piperidine rings is 1. The van der Waals surface area contributed by atoms with Gasteiger partial charge in [-0.1, -0.05) is 25.1 Å². The third kappa shape index (κ3) is 2.85. The van der Waals surface area contributed by atoms with Gasteiger partial charge in [0.15, 0.2) is 0 Å². The molecule has 1 saturated heterocycles. The molecule has 1 heterocycles. The Morgan fingerprint density at radius 1 is 1.28 bits per heavy atom. The molecule has 3 nitrogen and oxygen atoms in total. The summed E-state index contributed by atoms with van der Waals surface area (Å²) in [6.07, 6.45) is 2.43. The molecule has 1 aliphatic rings. The molecule has 18 heavy (non-hydrogen) atoms. The summed E-state index contributed by atoms with van der Waals surface area (Å²) in [7, 11) is 0. The fourth-order valence-corrected chi connectivity index (χ4v) is 2.63. The van der Waals surface area contributed by atoms with Crippen molar-refractivity contribution in [3.8, 4) is 0 Å². The molecule has 1 atom stereocenters. The molecule has 1 aromatic carbocycles. The Bertz CT molecular complexity index is 373. The number of para-hydroxylation sites is 1. The van der Waals surface area contributed by atoms with E-state index < -0.39 is 0 Å². The van der Waals surface area contributed by atoms with Crippen molar-refractivity contribution < 1.29 is 10.2 Å². The zero-order chi connectivity index (χ0) is 13.0. The van der Waals surface area contributed by atoms with Crippen molar-refractivity contribution in [3.63, 3.8) is 0 Å². The molecule has 2 rings (SSSR count). The van der Waals surface area contributed by atoms with Gasteiger partial charge in [0.05, 0.1) is 6.10 Å². The zero-order valence-corrected chi connectivity index (χ0v) is 11.0. The lowest BCUT2D eigenvalue weighted by Gasteiger charge is -2.34. The van der Waals surface area contributed by atoms with Crippen LogP contribution in [0.2, 0.25) is 0 Å². The summed E-state index contributed by atoms with van der Waals surface area (Å²) in [5.74, 6) is 0.449. The topological polar surface area (TPSA) is 43.7 Å². The van der Waals surface area contributed by atoms with Gasteiger partial charge in [-0.3, -0.25) is 0 Å². The van der Waals surface area contributed by atoms with Gasteiger partial charge in [-0.15, -0.1) is 0 Å². The first-order valence-corrected chi connectivity index (χ1v) is 6.89. The number of anilines is 1. The molecule has 0 spiro atoms. The number of hydrogen-bond acceptors (Lipinski definition) is 3. The van der Waals surface area contributed by atoms with Gasteiger partial charge in [-0.05, 0) is 31.2 Å². The van der Waals surface area contributed by atoms with E-state index >= 15 is 0 Å². The molecule has 0 aliphatic carbocycles. The van der Waals surface area contributed by atoms with Gasteiger partial charge in [-0.25, -0.2) is 0 Å². The summed E-state index contributed by atoms with van der Waals surface area (Å²) in [5, 5.41) is 19.2. The largest absolute Gasteiger partial charge is 0.396 e. The Morgan fingerprint density at radius 3 is 2.56 bits per heavy atom. The molecule has 0 aromatic heterocycles. The highest BCUT2D eigenvalue weighted by Crippen LogP contribution is 2.30. The van der Waals surface area contributed by atoms with Crippen LogP contribution >= 0.6 is 0 Å². The molecule has 2 N–H and O–H groups in total. The average Bonchev–Trinajstić information content (AvgIpc) is 2.46. The Hall–Kier alpha value is -1.06. The van der Waals surface area contributed by atoms with Crippen molar-refractivity contribution in [2.24, 2.45) is 5.92 Å². The molecule has 0 radical (unpaired) electrons. The summed E-state index contributed by atoms with van der Waals surface area (Å²) in [4.78, 5) is 2.33. The van der Waals surface area contributed by atoms with Crippen molar-refractivity contribution in [1.82, 2.24) is 0 Å². The lowest BCUT2D eigenvalue weighted by atomic mass is 9.96. The van der Waals surface area contributed by atoms with Gasteiger partial charge in [0.2, 0.25) is 0 Å². The zero-order valence-electron chi connectivity index (χ0n) is 11.0. The van der Waals surface area contributed by atoms with Crippen LogP contribution in [0.4, 0.5) is 5.69 Å². The average molecular weight is 249 g/mol. The number of aliphatic hydroxyl groups is 2. The Kier molecular flexibility index (Phi) is 4.61. The monoisotopic (exact) mass is 249 g/mol. The highest BCUT2D eigenvalue weighted by atomic mass is 16.3. The van der Waals surface area contributed by atoms with E-state index in [0.29, 0.717) is 12.5 Å². The summed E-state index contributed by atoms with van der Waals surface area (Å²) in [5.41, 5.74) is 2.19. The van der Waals surface area contributed by atoms with E-state index in [1.54, 1.807) is 0 Å². The van der Waals surface area contributed by atoms with Gasteiger partial charge < -0.3 is 15.1 Å². The van der Waals surface area contributed by atoms with Crippen LogP contribution in [0.25, 0.3) is 0 Å². The van der Waals surface area contributed by atoms with Gasteiger partial charge in [0.1, 0.15) is 0 Å². The van der Waals surface area contributed by atoms with E-state index in [1.807, 2.05) is 25.1 Å². The van der Waals surface area contributed by atoms with Crippen molar-refractivity contribution in [3.05, 3.63) is 29.8 Å². The smallest absolute Gasteiger partial charge is 0.0807 e. The molecule has 0 bridgehead atoms. The fraction of sp³-hybridized carbons (Fsp3) is 0.600. The van der Waals surface area contributed by atoms with Crippen LogP contribution < -0.4 is 4.90 Å². The van der Waals surface area contributed by atoms with Gasteiger partial charge in [-0.2, -0.15) is 0 Å². The fourth-order valence-electron chi connectivity index (χ4n) is 2.63. The van der Waals surface area contributed by atoms with E-state index in [9.17, 15) is 10.2 Å². The maximum absolute atomic E-state index is 10.1. The molecule has 1 unspecified atom stereocenters. The number of hydrogen-bond donors (Lipinski definition) is 2. The van der Waals surface area contributed by atoms with Crippen molar-refractivity contribution in [2.75, 3.05) is 24.6 Å². The first-order valence-electron chi connectivity index (χ1n) is 6.89. The summed E-state index contributed by atoms with van der Waals surface area (Å²) >= 11 is 0. The maximum Gasteiger partial charge on any atom is 0.0807 e. The molecule has 100 valence electrons. The third-order valence-electron chi connectivity index (χ3n) is 3.90. The van der Waals surface area contributed by atoms with Crippen LogP contribution in [-0.2, 0) is 0 Å². The molecular weight excluding hydrogens is 226 g/mol. The Labute approximate surface area is 109 Å². The van der Waals surface area contributed by atoms with Crippen molar-refractivity contribution in [2.45, 2.75) is 32.3 Å². The minimum Gasteiger partial charge on any atom is -0.396 e. The van der Waals surface area contributed by atoms with Crippen LogP contribution in [0.1, 0.15) is 37.9 Å². The predicted molar refractivity (Wildman–Crippen MR) is 73.7 cm³/mol. The van der Waals surface area contributed by atoms with Gasteiger partial charge in [0, 0.05) is 30.9 Å². The molecule has 3 heteroatoms. The van der Waals surface area contributed by atoms with Crippen molar-refractivity contribution >= 4 is 5.69 Å².